The van der Waals surface area contributed by atoms with Crippen molar-refractivity contribution in [2.45, 2.75) is 33.9 Å². The second-order valence-corrected chi connectivity index (χ2v) is 6.80. The van der Waals surface area contributed by atoms with Crippen LogP contribution in [-0.2, 0) is 13.1 Å². The Bertz CT molecular complexity index is 1190. The summed E-state index contributed by atoms with van der Waals surface area (Å²) < 4.78 is 16.8. The molecule has 7 nitrogen and oxygen atoms in total. The number of aryl methyl sites for hydroxylation is 3. The van der Waals surface area contributed by atoms with Gasteiger partial charge in [-0.05, 0) is 57.2 Å². The van der Waals surface area contributed by atoms with Crippen LogP contribution in [0.25, 0.3) is 16.7 Å². The highest BCUT2D eigenvalue weighted by Gasteiger charge is 2.19. The molecule has 0 bridgehead atoms. The summed E-state index contributed by atoms with van der Waals surface area (Å²) in [5, 5.41) is 12.4. The van der Waals surface area contributed by atoms with Crippen molar-refractivity contribution >= 4 is 16.9 Å². The third-order valence-corrected chi connectivity index (χ3v) is 4.79. The van der Waals surface area contributed by atoms with Crippen molar-refractivity contribution in [3.63, 3.8) is 0 Å². The van der Waals surface area contributed by atoms with E-state index >= 15 is 0 Å². The van der Waals surface area contributed by atoms with Crippen molar-refractivity contribution in [1.82, 2.24) is 29.9 Å². The van der Waals surface area contributed by atoms with Gasteiger partial charge in [0, 0.05) is 18.4 Å². The van der Waals surface area contributed by atoms with Gasteiger partial charge >= 0.3 is 0 Å². The van der Waals surface area contributed by atoms with Crippen LogP contribution in [-0.4, -0.2) is 30.5 Å². The Balaban J connectivity index is 1.73. The van der Waals surface area contributed by atoms with Gasteiger partial charge in [0.1, 0.15) is 5.82 Å². The molecule has 0 radical (unpaired) electrons. The molecule has 0 saturated carbocycles. The van der Waals surface area contributed by atoms with Crippen molar-refractivity contribution in [2.24, 2.45) is 0 Å². The van der Waals surface area contributed by atoms with Crippen LogP contribution in [0.3, 0.4) is 0 Å². The van der Waals surface area contributed by atoms with Crippen molar-refractivity contribution in [3.05, 3.63) is 71.1 Å². The molecule has 0 spiro atoms. The predicted octanol–water partition coefficient (Wildman–Crippen LogP) is 3.32. The van der Waals surface area contributed by atoms with Gasteiger partial charge in [0.15, 0.2) is 5.65 Å². The molecular formula is C21H21FN6O. The van der Waals surface area contributed by atoms with Crippen LogP contribution in [0.4, 0.5) is 4.39 Å². The molecule has 1 aromatic carbocycles. The summed E-state index contributed by atoms with van der Waals surface area (Å²) in [6.45, 7) is 6.78. The van der Waals surface area contributed by atoms with Crippen molar-refractivity contribution in [3.8, 4) is 5.69 Å². The normalized spacial score (nSPS) is 11.2. The number of nitrogens with zero attached hydrogens (tertiary/aromatic N) is 5. The van der Waals surface area contributed by atoms with E-state index in [1.807, 2.05) is 31.5 Å². The number of fused-ring (bicyclic) bond motifs is 1. The number of amides is 1. The Kier molecular flexibility index (Phi) is 4.84. The Morgan fingerprint density at radius 1 is 1.17 bits per heavy atom. The van der Waals surface area contributed by atoms with Crippen LogP contribution < -0.4 is 5.32 Å². The summed E-state index contributed by atoms with van der Waals surface area (Å²) >= 11 is 0. The minimum atomic E-state index is -0.322. The molecule has 4 rings (SSSR count). The van der Waals surface area contributed by atoms with Crippen LogP contribution in [0.1, 0.15) is 34.4 Å². The lowest BCUT2D eigenvalue weighted by Gasteiger charge is -2.09. The third-order valence-electron chi connectivity index (χ3n) is 4.79. The van der Waals surface area contributed by atoms with E-state index in [-0.39, 0.29) is 11.7 Å². The molecule has 3 aromatic heterocycles. The van der Waals surface area contributed by atoms with Gasteiger partial charge in [0.05, 0.1) is 34.6 Å². The number of carbonyl (C=O) groups excluding carboxylic acids is 1. The van der Waals surface area contributed by atoms with Gasteiger partial charge in [-0.1, -0.05) is 0 Å². The van der Waals surface area contributed by atoms with Gasteiger partial charge in [-0.3, -0.25) is 9.48 Å². The number of pyridine rings is 1. The Morgan fingerprint density at radius 3 is 2.66 bits per heavy atom. The Hall–Kier alpha value is -3.55. The average molecular weight is 392 g/mol. The number of hydrogen-bond acceptors (Lipinski definition) is 4. The van der Waals surface area contributed by atoms with Crippen LogP contribution in [0.2, 0.25) is 0 Å². The molecule has 29 heavy (non-hydrogen) atoms. The Labute approximate surface area is 167 Å². The lowest BCUT2D eigenvalue weighted by Crippen LogP contribution is -2.25. The highest BCUT2D eigenvalue weighted by molar-refractivity contribution is 6.06. The monoisotopic (exact) mass is 392 g/mol. The molecule has 0 unspecified atom stereocenters. The zero-order valence-electron chi connectivity index (χ0n) is 16.5. The first-order chi connectivity index (χ1) is 14.0. The van der Waals surface area contributed by atoms with Gasteiger partial charge in [0.2, 0.25) is 0 Å². The molecule has 0 atom stereocenters. The van der Waals surface area contributed by atoms with E-state index in [1.165, 1.54) is 12.1 Å². The summed E-state index contributed by atoms with van der Waals surface area (Å²) in [6, 6.07) is 9.66. The van der Waals surface area contributed by atoms with Crippen molar-refractivity contribution in [1.29, 1.82) is 0 Å². The van der Waals surface area contributed by atoms with Gasteiger partial charge < -0.3 is 5.32 Å². The molecule has 1 amide bonds. The number of nitrogens with one attached hydrogen (secondary N) is 1. The van der Waals surface area contributed by atoms with E-state index in [4.69, 9.17) is 0 Å². The number of aromatic nitrogens is 5. The highest BCUT2D eigenvalue weighted by Crippen LogP contribution is 2.25. The highest BCUT2D eigenvalue weighted by atomic mass is 19.1. The molecular weight excluding hydrogens is 371 g/mol. The molecule has 0 fully saturated rings. The predicted molar refractivity (Wildman–Crippen MR) is 107 cm³/mol. The third kappa shape index (κ3) is 3.49. The maximum atomic E-state index is 13.3. The van der Waals surface area contributed by atoms with Gasteiger partial charge in [-0.15, -0.1) is 0 Å². The first-order valence-corrected chi connectivity index (χ1v) is 9.39. The van der Waals surface area contributed by atoms with Crippen LogP contribution in [0.15, 0.2) is 42.6 Å². The zero-order chi connectivity index (χ0) is 20.5. The first-order valence-electron chi connectivity index (χ1n) is 9.39. The first kappa shape index (κ1) is 18.8. The second kappa shape index (κ2) is 7.46. The number of hydrogen-bond donors (Lipinski definition) is 1. The van der Waals surface area contributed by atoms with Crippen LogP contribution in [0.5, 0.6) is 0 Å². The SMILES string of the molecule is CCn1nccc1CNC(=O)c1cc(C)nc2c1c(C)nn2-c1ccc(F)cc1. The standard InChI is InChI=1S/C21H21FN6O/c1-4-27-17(9-10-24-27)12-23-21(29)18-11-13(2)25-20-19(18)14(3)26-28(20)16-7-5-15(22)6-8-16/h5-11H,4,12H2,1-3H3,(H,23,29). The Morgan fingerprint density at radius 2 is 1.93 bits per heavy atom. The molecule has 8 heteroatoms. The topological polar surface area (TPSA) is 77.6 Å². The molecule has 1 N–H and O–H groups in total. The van der Waals surface area contributed by atoms with Gasteiger partial charge in [-0.2, -0.15) is 10.2 Å². The largest absolute Gasteiger partial charge is 0.346 e. The molecule has 0 aliphatic rings. The van der Waals surface area contributed by atoms with E-state index in [1.54, 1.807) is 29.1 Å². The summed E-state index contributed by atoms with van der Waals surface area (Å²) in [6.07, 6.45) is 1.72. The average Bonchev–Trinajstić information content (AvgIpc) is 3.30. The fourth-order valence-corrected chi connectivity index (χ4v) is 3.42. The summed E-state index contributed by atoms with van der Waals surface area (Å²) in [7, 11) is 0. The van der Waals surface area contributed by atoms with Gasteiger partial charge in [-0.25, -0.2) is 14.1 Å². The lowest BCUT2D eigenvalue weighted by molar-refractivity contribution is 0.0951. The van der Waals surface area contributed by atoms with Crippen LogP contribution >= 0.6 is 0 Å². The fraction of sp³-hybridized carbons (Fsp3) is 0.238. The molecule has 0 aliphatic carbocycles. The number of carbonyl (C=O) groups is 1. The maximum Gasteiger partial charge on any atom is 0.252 e. The second-order valence-electron chi connectivity index (χ2n) is 6.80. The quantitative estimate of drug-likeness (QED) is 0.565. The minimum Gasteiger partial charge on any atom is -0.346 e. The van der Waals surface area contributed by atoms with Crippen LogP contribution in [0, 0.1) is 19.7 Å². The van der Waals surface area contributed by atoms with Gasteiger partial charge in [0.25, 0.3) is 5.91 Å². The maximum absolute atomic E-state index is 13.3. The van der Waals surface area contributed by atoms with E-state index in [9.17, 15) is 9.18 Å². The lowest BCUT2D eigenvalue weighted by atomic mass is 10.1. The number of benzene rings is 1. The minimum absolute atomic E-state index is 0.203. The summed E-state index contributed by atoms with van der Waals surface area (Å²) in [5.41, 5.74) is 4.08. The fourth-order valence-electron chi connectivity index (χ4n) is 3.42. The van der Waals surface area contributed by atoms with Crippen molar-refractivity contribution in [2.75, 3.05) is 0 Å². The number of halogens is 1. The zero-order valence-corrected chi connectivity index (χ0v) is 16.5. The molecule has 148 valence electrons. The smallest absolute Gasteiger partial charge is 0.252 e. The van der Waals surface area contributed by atoms with E-state index in [2.05, 4.69) is 20.5 Å². The summed E-state index contributed by atoms with van der Waals surface area (Å²) in [5.74, 6) is -0.524. The van der Waals surface area contributed by atoms with Crippen molar-refractivity contribution < 1.29 is 9.18 Å². The van der Waals surface area contributed by atoms with E-state index < -0.39 is 0 Å². The summed E-state index contributed by atoms with van der Waals surface area (Å²) in [4.78, 5) is 17.6. The molecule has 4 aromatic rings. The molecule has 0 aliphatic heterocycles. The molecule has 0 saturated heterocycles. The van der Waals surface area contributed by atoms with E-state index in [0.717, 1.165) is 12.2 Å². The van der Waals surface area contributed by atoms with E-state index in [0.29, 0.717) is 40.2 Å². The number of rotatable bonds is 5. The molecule has 3 heterocycles.